The van der Waals surface area contributed by atoms with Crippen molar-refractivity contribution in [3.8, 4) is 5.75 Å². The molecule has 0 radical (unpaired) electrons. The first-order valence-corrected chi connectivity index (χ1v) is 10.2. The third kappa shape index (κ3) is 5.09. The number of aromatic nitrogens is 3. The SMILES string of the molecule is Cc1cccc(OCc2csc(C(=O)Nc3ncn(Cc4cccc(F)c4)n3)c2)c1. The summed E-state index contributed by atoms with van der Waals surface area (Å²) >= 11 is 1.33. The molecule has 0 bridgehead atoms. The number of nitrogens with zero attached hydrogens (tertiary/aromatic N) is 3. The summed E-state index contributed by atoms with van der Waals surface area (Å²) in [5.74, 6) is 0.397. The molecule has 0 fully saturated rings. The fraction of sp³-hybridized carbons (Fsp3) is 0.136. The molecular weight excluding hydrogens is 403 g/mol. The van der Waals surface area contributed by atoms with Crippen molar-refractivity contribution in [3.63, 3.8) is 0 Å². The molecule has 0 saturated heterocycles. The third-order valence-electron chi connectivity index (χ3n) is 4.27. The lowest BCUT2D eigenvalue weighted by molar-refractivity contribution is 0.102. The van der Waals surface area contributed by atoms with Crippen LogP contribution in [0.5, 0.6) is 5.75 Å². The van der Waals surface area contributed by atoms with Crippen LogP contribution in [0.4, 0.5) is 10.3 Å². The predicted octanol–water partition coefficient (Wildman–Crippen LogP) is 4.67. The Kier molecular flexibility index (Phi) is 5.85. The molecule has 2 aromatic heterocycles. The summed E-state index contributed by atoms with van der Waals surface area (Å²) in [4.78, 5) is 17.1. The smallest absolute Gasteiger partial charge is 0.268 e. The molecule has 2 aromatic carbocycles. The van der Waals surface area contributed by atoms with Crippen LogP contribution in [-0.4, -0.2) is 20.7 Å². The number of anilines is 1. The molecule has 4 rings (SSSR count). The van der Waals surface area contributed by atoms with Crippen LogP contribution in [0.15, 0.2) is 66.3 Å². The molecule has 0 atom stereocenters. The number of benzene rings is 2. The van der Waals surface area contributed by atoms with Gasteiger partial charge in [-0.15, -0.1) is 16.4 Å². The van der Waals surface area contributed by atoms with Gasteiger partial charge in [0.25, 0.3) is 5.91 Å². The number of carbonyl (C=O) groups is 1. The number of ether oxygens (including phenoxy) is 1. The summed E-state index contributed by atoms with van der Waals surface area (Å²) in [5, 5.41) is 8.80. The maximum Gasteiger partial charge on any atom is 0.268 e. The monoisotopic (exact) mass is 422 g/mol. The van der Waals surface area contributed by atoms with Gasteiger partial charge in [-0.3, -0.25) is 10.1 Å². The van der Waals surface area contributed by atoms with Crippen molar-refractivity contribution < 1.29 is 13.9 Å². The van der Waals surface area contributed by atoms with Crippen LogP contribution in [0.25, 0.3) is 0 Å². The molecule has 0 unspecified atom stereocenters. The van der Waals surface area contributed by atoms with Gasteiger partial charge in [-0.25, -0.2) is 14.1 Å². The quantitative estimate of drug-likeness (QED) is 0.470. The van der Waals surface area contributed by atoms with E-state index in [2.05, 4.69) is 15.4 Å². The molecule has 8 heteroatoms. The highest BCUT2D eigenvalue weighted by molar-refractivity contribution is 7.12. The number of carbonyl (C=O) groups excluding carboxylic acids is 1. The van der Waals surface area contributed by atoms with Crippen molar-refractivity contribution in [3.05, 3.63) is 93.7 Å². The normalized spacial score (nSPS) is 10.7. The number of hydrogen-bond donors (Lipinski definition) is 1. The Morgan fingerprint density at radius 2 is 2.03 bits per heavy atom. The number of halogens is 1. The molecule has 0 saturated carbocycles. The second-order valence-corrected chi connectivity index (χ2v) is 7.69. The van der Waals surface area contributed by atoms with Crippen molar-refractivity contribution in [1.82, 2.24) is 14.8 Å². The summed E-state index contributed by atoms with van der Waals surface area (Å²) in [5.41, 5.74) is 2.80. The molecule has 0 spiro atoms. The highest BCUT2D eigenvalue weighted by Crippen LogP contribution is 2.19. The first-order valence-electron chi connectivity index (χ1n) is 9.27. The van der Waals surface area contributed by atoms with Crippen LogP contribution < -0.4 is 10.1 Å². The van der Waals surface area contributed by atoms with E-state index in [1.54, 1.807) is 22.9 Å². The number of hydrogen-bond acceptors (Lipinski definition) is 5. The van der Waals surface area contributed by atoms with E-state index < -0.39 is 0 Å². The Morgan fingerprint density at radius 1 is 1.17 bits per heavy atom. The van der Waals surface area contributed by atoms with Crippen molar-refractivity contribution >= 4 is 23.2 Å². The minimum absolute atomic E-state index is 0.197. The number of thiophene rings is 1. The van der Waals surface area contributed by atoms with Crippen LogP contribution >= 0.6 is 11.3 Å². The van der Waals surface area contributed by atoms with Gasteiger partial charge in [-0.05, 0) is 53.8 Å². The van der Waals surface area contributed by atoms with Crippen LogP contribution in [0.2, 0.25) is 0 Å². The van der Waals surface area contributed by atoms with Crippen molar-refractivity contribution in [1.29, 1.82) is 0 Å². The van der Waals surface area contributed by atoms with E-state index in [1.165, 1.54) is 29.8 Å². The maximum absolute atomic E-state index is 13.3. The lowest BCUT2D eigenvalue weighted by atomic mass is 10.2. The predicted molar refractivity (Wildman–Crippen MR) is 113 cm³/mol. The Labute approximate surface area is 177 Å². The van der Waals surface area contributed by atoms with Gasteiger partial charge in [-0.2, -0.15) is 0 Å². The molecule has 4 aromatic rings. The van der Waals surface area contributed by atoms with Gasteiger partial charge >= 0.3 is 0 Å². The molecule has 1 N–H and O–H groups in total. The van der Waals surface area contributed by atoms with Crippen LogP contribution in [0, 0.1) is 12.7 Å². The Morgan fingerprint density at radius 3 is 2.87 bits per heavy atom. The fourth-order valence-corrected chi connectivity index (χ4v) is 3.65. The molecule has 152 valence electrons. The number of rotatable bonds is 7. The van der Waals surface area contributed by atoms with Crippen LogP contribution in [0.1, 0.15) is 26.4 Å². The zero-order valence-corrected chi connectivity index (χ0v) is 17.0. The van der Waals surface area contributed by atoms with Crippen LogP contribution in [-0.2, 0) is 13.2 Å². The first-order chi connectivity index (χ1) is 14.5. The van der Waals surface area contributed by atoms with E-state index in [9.17, 15) is 9.18 Å². The molecule has 0 aliphatic rings. The zero-order valence-electron chi connectivity index (χ0n) is 16.2. The van der Waals surface area contributed by atoms with E-state index in [0.29, 0.717) is 18.0 Å². The standard InChI is InChI=1S/C22H19FN4O2S/c1-15-4-2-7-19(8-15)29-12-17-10-20(30-13-17)21(28)25-22-24-14-27(26-22)11-16-5-3-6-18(23)9-16/h2-10,13-14H,11-12H2,1H3,(H,25,26,28). The second kappa shape index (κ2) is 8.87. The molecule has 0 aliphatic heterocycles. The number of aryl methyl sites for hydroxylation is 1. The van der Waals surface area contributed by atoms with Gasteiger partial charge in [-0.1, -0.05) is 24.3 Å². The van der Waals surface area contributed by atoms with E-state index in [-0.39, 0.29) is 17.7 Å². The maximum atomic E-state index is 13.3. The summed E-state index contributed by atoms with van der Waals surface area (Å²) < 4.78 is 20.6. The molecule has 1 amide bonds. The topological polar surface area (TPSA) is 69.0 Å². The van der Waals surface area contributed by atoms with E-state index >= 15 is 0 Å². The summed E-state index contributed by atoms with van der Waals surface area (Å²) in [6.07, 6.45) is 1.50. The average molecular weight is 422 g/mol. The minimum atomic E-state index is -0.305. The lowest BCUT2D eigenvalue weighted by Crippen LogP contribution is -2.12. The molecule has 2 heterocycles. The lowest BCUT2D eigenvalue weighted by Gasteiger charge is -2.05. The third-order valence-corrected chi connectivity index (χ3v) is 5.25. The summed E-state index contributed by atoms with van der Waals surface area (Å²) in [6, 6.07) is 15.9. The average Bonchev–Trinajstić information content (AvgIpc) is 3.36. The van der Waals surface area contributed by atoms with Crippen molar-refractivity contribution in [2.24, 2.45) is 0 Å². The van der Waals surface area contributed by atoms with Gasteiger partial charge in [0, 0.05) is 5.56 Å². The highest BCUT2D eigenvalue weighted by Gasteiger charge is 2.12. The van der Waals surface area contributed by atoms with Gasteiger partial charge < -0.3 is 4.74 Å². The molecular formula is C22H19FN4O2S. The van der Waals surface area contributed by atoms with Crippen LogP contribution in [0.3, 0.4) is 0 Å². The highest BCUT2D eigenvalue weighted by atomic mass is 32.1. The Hall–Kier alpha value is -3.52. The molecule has 6 nitrogen and oxygen atoms in total. The first kappa shape index (κ1) is 19.8. The number of amides is 1. The van der Waals surface area contributed by atoms with E-state index in [4.69, 9.17) is 4.74 Å². The van der Waals surface area contributed by atoms with Crippen molar-refractivity contribution in [2.75, 3.05) is 5.32 Å². The van der Waals surface area contributed by atoms with Gasteiger partial charge in [0.05, 0.1) is 11.4 Å². The number of nitrogens with one attached hydrogen (secondary N) is 1. The van der Waals surface area contributed by atoms with Gasteiger partial charge in [0.1, 0.15) is 24.5 Å². The summed E-state index contributed by atoms with van der Waals surface area (Å²) in [6.45, 7) is 2.75. The van der Waals surface area contributed by atoms with Gasteiger partial charge in [0.15, 0.2) is 0 Å². The Balaban J connectivity index is 1.34. The van der Waals surface area contributed by atoms with Gasteiger partial charge in [0.2, 0.25) is 5.95 Å². The molecule has 30 heavy (non-hydrogen) atoms. The second-order valence-electron chi connectivity index (χ2n) is 6.77. The fourth-order valence-electron chi connectivity index (χ4n) is 2.86. The molecule has 0 aliphatic carbocycles. The van der Waals surface area contributed by atoms with E-state index in [1.807, 2.05) is 36.6 Å². The van der Waals surface area contributed by atoms with E-state index in [0.717, 1.165) is 22.4 Å². The zero-order chi connectivity index (χ0) is 20.9. The summed E-state index contributed by atoms with van der Waals surface area (Å²) in [7, 11) is 0. The largest absolute Gasteiger partial charge is 0.489 e. The van der Waals surface area contributed by atoms with Crippen molar-refractivity contribution in [2.45, 2.75) is 20.1 Å². The Bertz CT molecular complexity index is 1170. The minimum Gasteiger partial charge on any atom is -0.489 e.